The summed E-state index contributed by atoms with van der Waals surface area (Å²) in [5.41, 5.74) is 0.942. The number of benzene rings is 2. The number of carbonyl (C=O) groups is 1. The van der Waals surface area contributed by atoms with Gasteiger partial charge in [0.1, 0.15) is 5.75 Å². The highest BCUT2D eigenvalue weighted by atomic mass is 19.1. The van der Waals surface area contributed by atoms with E-state index < -0.39 is 5.82 Å². The van der Waals surface area contributed by atoms with E-state index in [0.29, 0.717) is 11.4 Å². The molecule has 1 atom stereocenters. The number of nitrogens with zero attached hydrogens (tertiary/aromatic N) is 1. The summed E-state index contributed by atoms with van der Waals surface area (Å²) in [5.74, 6) is 0.292. The standard InChI is InChI=1S/C21H24FN3O2/c22-18-4-1-2-5-19(18)27-17-8-6-16(7-9-17)24-20(26)25-13-3-10-21(15-25)11-12-23-14-21/h1-2,4-9,23H,3,10-15H2,(H,24,26)/t21-/m0/s1. The van der Waals surface area contributed by atoms with Gasteiger partial charge in [0, 0.05) is 30.7 Å². The van der Waals surface area contributed by atoms with Gasteiger partial charge in [-0.3, -0.25) is 0 Å². The van der Waals surface area contributed by atoms with Crippen molar-refractivity contribution >= 4 is 11.7 Å². The Kier molecular flexibility index (Phi) is 4.99. The van der Waals surface area contributed by atoms with E-state index in [1.54, 1.807) is 42.5 Å². The summed E-state index contributed by atoms with van der Waals surface area (Å²) < 4.78 is 19.2. The molecule has 0 saturated carbocycles. The van der Waals surface area contributed by atoms with Gasteiger partial charge < -0.3 is 20.3 Å². The van der Waals surface area contributed by atoms with E-state index in [-0.39, 0.29) is 17.2 Å². The Morgan fingerprint density at radius 1 is 1.15 bits per heavy atom. The van der Waals surface area contributed by atoms with Crippen LogP contribution in [-0.2, 0) is 0 Å². The van der Waals surface area contributed by atoms with E-state index in [2.05, 4.69) is 10.6 Å². The first-order valence-corrected chi connectivity index (χ1v) is 9.43. The van der Waals surface area contributed by atoms with Crippen molar-refractivity contribution in [1.29, 1.82) is 0 Å². The molecule has 0 aliphatic carbocycles. The summed E-state index contributed by atoms with van der Waals surface area (Å²) in [4.78, 5) is 14.6. The van der Waals surface area contributed by atoms with Gasteiger partial charge in [0.25, 0.3) is 0 Å². The third-order valence-corrected chi connectivity index (χ3v) is 5.45. The smallest absolute Gasteiger partial charge is 0.321 e. The van der Waals surface area contributed by atoms with Crippen molar-refractivity contribution in [2.75, 3.05) is 31.5 Å². The van der Waals surface area contributed by atoms with Crippen LogP contribution in [0.5, 0.6) is 11.5 Å². The van der Waals surface area contributed by atoms with Crippen molar-refractivity contribution in [2.24, 2.45) is 5.41 Å². The number of carbonyl (C=O) groups excluding carboxylic acids is 1. The zero-order chi connectivity index (χ0) is 18.7. The molecule has 142 valence electrons. The molecule has 2 aromatic rings. The Bertz CT molecular complexity index is 803. The van der Waals surface area contributed by atoms with Crippen LogP contribution >= 0.6 is 0 Å². The SMILES string of the molecule is O=C(Nc1ccc(Oc2ccccc2F)cc1)N1CCC[C@@]2(CCNC2)C1. The van der Waals surface area contributed by atoms with E-state index in [1.165, 1.54) is 12.5 Å². The second kappa shape index (κ2) is 7.56. The maximum Gasteiger partial charge on any atom is 0.321 e. The monoisotopic (exact) mass is 369 g/mol. The van der Waals surface area contributed by atoms with Crippen molar-refractivity contribution < 1.29 is 13.9 Å². The number of urea groups is 1. The molecule has 2 aromatic carbocycles. The number of piperidine rings is 1. The fourth-order valence-corrected chi connectivity index (χ4v) is 3.99. The minimum absolute atomic E-state index is 0.0660. The molecule has 0 bridgehead atoms. The Morgan fingerprint density at radius 3 is 2.70 bits per heavy atom. The van der Waals surface area contributed by atoms with E-state index >= 15 is 0 Å². The number of ether oxygens (including phenoxy) is 1. The molecule has 2 saturated heterocycles. The lowest BCUT2D eigenvalue weighted by atomic mass is 9.79. The number of hydrogen-bond donors (Lipinski definition) is 2. The largest absolute Gasteiger partial charge is 0.454 e. The first-order valence-electron chi connectivity index (χ1n) is 9.43. The average molecular weight is 369 g/mol. The van der Waals surface area contributed by atoms with Gasteiger partial charge in [-0.1, -0.05) is 12.1 Å². The van der Waals surface area contributed by atoms with Crippen molar-refractivity contribution in [3.63, 3.8) is 0 Å². The minimum atomic E-state index is -0.407. The molecule has 2 fully saturated rings. The lowest BCUT2D eigenvalue weighted by molar-refractivity contribution is 0.125. The number of rotatable bonds is 3. The van der Waals surface area contributed by atoms with Crippen molar-refractivity contribution in [3.8, 4) is 11.5 Å². The molecule has 1 spiro atoms. The zero-order valence-corrected chi connectivity index (χ0v) is 15.2. The molecule has 2 aliphatic rings. The first-order chi connectivity index (χ1) is 13.1. The van der Waals surface area contributed by atoms with Crippen LogP contribution in [0.2, 0.25) is 0 Å². The third kappa shape index (κ3) is 4.06. The summed E-state index contributed by atoms with van der Waals surface area (Å²) >= 11 is 0. The summed E-state index contributed by atoms with van der Waals surface area (Å²) in [6, 6.07) is 13.2. The number of amides is 2. The Labute approximate surface area is 158 Å². The van der Waals surface area contributed by atoms with Gasteiger partial charge in [0.05, 0.1) is 0 Å². The predicted octanol–water partition coefficient (Wildman–Crippen LogP) is 4.23. The summed E-state index contributed by atoms with van der Waals surface area (Å²) in [6.07, 6.45) is 3.37. The molecule has 2 N–H and O–H groups in total. The fourth-order valence-electron chi connectivity index (χ4n) is 3.99. The van der Waals surface area contributed by atoms with E-state index in [0.717, 1.165) is 39.0 Å². The maximum absolute atomic E-state index is 13.7. The van der Waals surface area contributed by atoms with Crippen LogP contribution in [0.25, 0.3) is 0 Å². The topological polar surface area (TPSA) is 53.6 Å². The van der Waals surface area contributed by atoms with Crippen molar-refractivity contribution in [1.82, 2.24) is 10.2 Å². The van der Waals surface area contributed by atoms with Gasteiger partial charge in [-0.2, -0.15) is 0 Å². The predicted molar refractivity (Wildman–Crippen MR) is 103 cm³/mol. The van der Waals surface area contributed by atoms with Crippen molar-refractivity contribution in [3.05, 3.63) is 54.3 Å². The number of nitrogens with one attached hydrogen (secondary N) is 2. The molecule has 27 heavy (non-hydrogen) atoms. The molecule has 2 heterocycles. The number of halogens is 1. The van der Waals surface area contributed by atoms with E-state index in [9.17, 15) is 9.18 Å². The maximum atomic E-state index is 13.7. The van der Waals surface area contributed by atoms with Gasteiger partial charge in [0.2, 0.25) is 0 Å². The van der Waals surface area contributed by atoms with Gasteiger partial charge in [-0.05, 0) is 62.2 Å². The lowest BCUT2D eigenvalue weighted by Gasteiger charge is -2.39. The van der Waals surface area contributed by atoms with Gasteiger partial charge in [-0.25, -0.2) is 9.18 Å². The quantitative estimate of drug-likeness (QED) is 0.851. The van der Waals surface area contributed by atoms with Crippen LogP contribution in [0.4, 0.5) is 14.9 Å². The molecule has 4 rings (SSSR count). The number of likely N-dealkylation sites (tertiary alicyclic amines) is 1. The third-order valence-electron chi connectivity index (χ3n) is 5.45. The van der Waals surface area contributed by atoms with Crippen LogP contribution in [0.3, 0.4) is 0 Å². The number of hydrogen-bond acceptors (Lipinski definition) is 3. The van der Waals surface area contributed by atoms with Gasteiger partial charge in [0.15, 0.2) is 11.6 Å². The highest BCUT2D eigenvalue weighted by molar-refractivity contribution is 5.89. The van der Waals surface area contributed by atoms with Gasteiger partial charge in [-0.15, -0.1) is 0 Å². The second-order valence-electron chi connectivity index (χ2n) is 7.44. The van der Waals surface area contributed by atoms with Crippen molar-refractivity contribution in [2.45, 2.75) is 19.3 Å². The Hall–Kier alpha value is -2.60. The summed E-state index contributed by atoms with van der Waals surface area (Å²) in [7, 11) is 0. The van der Waals surface area contributed by atoms with Crippen LogP contribution in [0.15, 0.2) is 48.5 Å². The molecule has 0 aromatic heterocycles. The van der Waals surface area contributed by atoms with E-state index in [4.69, 9.17) is 4.74 Å². The molecule has 0 unspecified atom stereocenters. The molecule has 6 heteroatoms. The Morgan fingerprint density at radius 2 is 1.96 bits per heavy atom. The number of para-hydroxylation sites is 1. The second-order valence-corrected chi connectivity index (χ2v) is 7.44. The minimum Gasteiger partial charge on any atom is -0.454 e. The molecule has 5 nitrogen and oxygen atoms in total. The van der Waals surface area contributed by atoms with Crippen LogP contribution in [0.1, 0.15) is 19.3 Å². The Balaban J connectivity index is 1.36. The number of anilines is 1. The van der Waals surface area contributed by atoms with E-state index in [1.807, 2.05) is 4.90 Å². The van der Waals surface area contributed by atoms with Crippen LogP contribution in [-0.4, -0.2) is 37.1 Å². The van der Waals surface area contributed by atoms with Crippen LogP contribution < -0.4 is 15.4 Å². The molecular formula is C21H24FN3O2. The normalized spacial score (nSPS) is 22.0. The highest BCUT2D eigenvalue weighted by Crippen LogP contribution is 2.35. The molecular weight excluding hydrogens is 345 g/mol. The fraction of sp³-hybridized carbons (Fsp3) is 0.381. The first kappa shape index (κ1) is 17.8. The summed E-state index contributed by atoms with van der Waals surface area (Å²) in [6.45, 7) is 3.64. The average Bonchev–Trinajstić information content (AvgIpc) is 3.12. The van der Waals surface area contributed by atoms with Crippen LogP contribution in [0, 0.1) is 11.2 Å². The molecule has 2 amide bonds. The molecule has 2 aliphatic heterocycles. The molecule has 0 radical (unpaired) electrons. The lowest BCUT2D eigenvalue weighted by Crippen LogP contribution is -2.48. The summed E-state index contributed by atoms with van der Waals surface area (Å²) in [5, 5.41) is 6.38. The zero-order valence-electron chi connectivity index (χ0n) is 15.2. The van der Waals surface area contributed by atoms with Gasteiger partial charge >= 0.3 is 6.03 Å². The highest BCUT2D eigenvalue weighted by Gasteiger charge is 2.39.